The average molecular weight is 392 g/mol. The van der Waals surface area contributed by atoms with Crippen LogP contribution in [0.4, 0.5) is 0 Å². The van der Waals surface area contributed by atoms with Gasteiger partial charge >= 0.3 is 0 Å². The number of carbonyl (C=O) groups excluding carboxylic acids is 2. The maximum Gasteiger partial charge on any atom is 0.196 e. The van der Waals surface area contributed by atoms with Gasteiger partial charge in [-0.2, -0.15) is 0 Å². The SMILES string of the molecule is CCCCCCCCCCCCCCCCSC1=C(C)C(=O)[C]=C(C)C1=O. The Labute approximate surface area is 171 Å². The average Bonchev–Trinajstić information content (AvgIpc) is 2.65. The Morgan fingerprint density at radius 2 is 1.15 bits per heavy atom. The van der Waals surface area contributed by atoms with Gasteiger partial charge in [0.05, 0.1) is 4.91 Å². The second-order valence-corrected chi connectivity index (χ2v) is 8.91. The number of hydrogen-bond acceptors (Lipinski definition) is 3. The molecule has 1 radical (unpaired) electrons. The summed E-state index contributed by atoms with van der Waals surface area (Å²) in [5.41, 5.74) is 1.02. The van der Waals surface area contributed by atoms with E-state index in [1.54, 1.807) is 25.6 Å². The molecule has 1 aliphatic carbocycles. The molecule has 0 aromatic rings. The highest BCUT2D eigenvalue weighted by molar-refractivity contribution is 8.04. The summed E-state index contributed by atoms with van der Waals surface area (Å²) in [7, 11) is 0. The Morgan fingerprint density at radius 3 is 1.63 bits per heavy atom. The van der Waals surface area contributed by atoms with E-state index in [0.717, 1.165) is 12.2 Å². The standard InChI is InChI=1S/C24H39O2S/c1-4-5-6-7-8-9-10-11-12-13-14-15-16-17-18-27-24-21(3)22(25)19-20(2)23(24)26/h4-18H2,1-3H3. The van der Waals surface area contributed by atoms with Crippen LogP contribution in [0.25, 0.3) is 0 Å². The summed E-state index contributed by atoms with van der Waals surface area (Å²) in [6.45, 7) is 5.70. The number of rotatable bonds is 16. The van der Waals surface area contributed by atoms with Gasteiger partial charge in [-0.1, -0.05) is 90.4 Å². The van der Waals surface area contributed by atoms with E-state index in [0.29, 0.717) is 16.1 Å². The van der Waals surface area contributed by atoms with E-state index in [4.69, 9.17) is 0 Å². The number of hydrogen-bond donors (Lipinski definition) is 0. The monoisotopic (exact) mass is 391 g/mol. The molecular formula is C24H39O2S. The summed E-state index contributed by atoms with van der Waals surface area (Å²) in [6, 6.07) is 0. The lowest BCUT2D eigenvalue weighted by Crippen LogP contribution is -2.15. The third-order valence-electron chi connectivity index (χ3n) is 5.27. The summed E-state index contributed by atoms with van der Waals surface area (Å²) >= 11 is 1.55. The number of thioether (sulfide) groups is 1. The molecule has 1 aliphatic rings. The Hall–Kier alpha value is -0.830. The molecule has 27 heavy (non-hydrogen) atoms. The molecule has 0 aromatic carbocycles. The molecule has 0 aliphatic heterocycles. The summed E-state index contributed by atoms with van der Waals surface area (Å²) in [5.74, 6) is 0.787. The molecule has 0 N–H and O–H groups in total. The van der Waals surface area contributed by atoms with Crippen molar-refractivity contribution in [2.24, 2.45) is 0 Å². The molecule has 0 amide bonds. The highest BCUT2D eigenvalue weighted by Crippen LogP contribution is 2.29. The van der Waals surface area contributed by atoms with Gasteiger partial charge in [-0.25, -0.2) is 0 Å². The van der Waals surface area contributed by atoms with Gasteiger partial charge in [0, 0.05) is 17.2 Å². The van der Waals surface area contributed by atoms with Gasteiger partial charge in [-0.05, 0) is 26.0 Å². The summed E-state index contributed by atoms with van der Waals surface area (Å²) < 4.78 is 0. The zero-order chi connectivity index (χ0) is 19.9. The predicted octanol–water partition coefficient (Wildman–Crippen LogP) is 7.38. The van der Waals surface area contributed by atoms with Crippen molar-refractivity contribution >= 4 is 23.3 Å². The summed E-state index contributed by atoms with van der Waals surface area (Å²) in [4.78, 5) is 24.5. The molecular weight excluding hydrogens is 352 g/mol. The number of carbonyl (C=O) groups is 2. The van der Waals surface area contributed by atoms with Crippen LogP contribution in [-0.4, -0.2) is 17.3 Å². The Kier molecular flexibility index (Phi) is 13.6. The molecule has 0 unspecified atom stereocenters. The fraction of sp³-hybridized carbons (Fsp3) is 0.750. The van der Waals surface area contributed by atoms with Crippen LogP contribution in [0.3, 0.4) is 0 Å². The largest absolute Gasteiger partial charge is 0.289 e. The Bertz CT molecular complexity index is 516. The molecule has 0 aromatic heterocycles. The minimum atomic E-state index is -0.129. The lowest BCUT2D eigenvalue weighted by atomic mass is 9.99. The first-order valence-electron chi connectivity index (χ1n) is 11.1. The molecule has 0 heterocycles. The van der Waals surface area contributed by atoms with Gasteiger partial charge in [-0.15, -0.1) is 11.8 Å². The zero-order valence-electron chi connectivity index (χ0n) is 17.8. The maximum absolute atomic E-state index is 12.1. The summed E-state index contributed by atoms with van der Waals surface area (Å²) in [6.07, 6.45) is 21.6. The molecule has 2 nitrogen and oxygen atoms in total. The van der Waals surface area contributed by atoms with E-state index in [1.165, 1.54) is 83.5 Å². The van der Waals surface area contributed by atoms with Gasteiger partial charge in [0.2, 0.25) is 0 Å². The van der Waals surface area contributed by atoms with Crippen LogP contribution < -0.4 is 0 Å². The third kappa shape index (κ3) is 10.3. The third-order valence-corrected chi connectivity index (χ3v) is 6.55. The number of allylic oxidation sites excluding steroid dienone is 4. The van der Waals surface area contributed by atoms with Crippen molar-refractivity contribution in [3.05, 3.63) is 22.1 Å². The van der Waals surface area contributed by atoms with E-state index >= 15 is 0 Å². The molecule has 0 spiro atoms. The molecule has 0 atom stereocenters. The van der Waals surface area contributed by atoms with Gasteiger partial charge < -0.3 is 0 Å². The highest BCUT2D eigenvalue weighted by Gasteiger charge is 2.24. The number of unbranched alkanes of at least 4 members (excludes halogenated alkanes) is 13. The Morgan fingerprint density at radius 1 is 0.704 bits per heavy atom. The highest BCUT2D eigenvalue weighted by atomic mass is 32.2. The smallest absolute Gasteiger partial charge is 0.196 e. The van der Waals surface area contributed by atoms with Crippen LogP contribution >= 0.6 is 11.8 Å². The van der Waals surface area contributed by atoms with Crippen LogP contribution in [0.15, 0.2) is 16.1 Å². The van der Waals surface area contributed by atoms with Crippen LogP contribution in [-0.2, 0) is 9.59 Å². The summed E-state index contributed by atoms with van der Waals surface area (Å²) in [5, 5.41) is 0. The Balaban J connectivity index is 1.93. The normalized spacial score (nSPS) is 14.9. The minimum absolute atomic E-state index is 0.0116. The fourth-order valence-electron chi connectivity index (χ4n) is 3.41. The second kappa shape index (κ2) is 15.1. The van der Waals surface area contributed by atoms with Crippen molar-refractivity contribution in [2.75, 3.05) is 5.75 Å². The van der Waals surface area contributed by atoms with Crippen molar-refractivity contribution in [3.63, 3.8) is 0 Å². The number of Topliss-reactive ketones (excluding diaryl/α,β-unsaturated/α-hetero) is 2. The van der Waals surface area contributed by atoms with Crippen LogP contribution in [0.2, 0.25) is 0 Å². The van der Waals surface area contributed by atoms with Gasteiger partial charge in [0.15, 0.2) is 11.6 Å². The number of ketones is 2. The zero-order valence-corrected chi connectivity index (χ0v) is 18.6. The van der Waals surface area contributed by atoms with E-state index in [2.05, 4.69) is 13.0 Å². The van der Waals surface area contributed by atoms with Crippen LogP contribution in [0.5, 0.6) is 0 Å². The topological polar surface area (TPSA) is 34.1 Å². The molecule has 1 rings (SSSR count). The van der Waals surface area contributed by atoms with Crippen LogP contribution in [0, 0.1) is 6.08 Å². The van der Waals surface area contributed by atoms with E-state index < -0.39 is 0 Å². The minimum Gasteiger partial charge on any atom is -0.289 e. The van der Waals surface area contributed by atoms with E-state index in [1.807, 2.05) is 0 Å². The lowest BCUT2D eigenvalue weighted by Gasteiger charge is -2.13. The van der Waals surface area contributed by atoms with Crippen molar-refractivity contribution in [1.29, 1.82) is 0 Å². The van der Waals surface area contributed by atoms with Gasteiger partial charge in [0.25, 0.3) is 0 Å². The molecule has 3 heteroatoms. The first kappa shape index (κ1) is 24.2. The molecule has 0 fully saturated rings. The van der Waals surface area contributed by atoms with Crippen molar-refractivity contribution < 1.29 is 9.59 Å². The van der Waals surface area contributed by atoms with E-state index in [-0.39, 0.29) is 11.6 Å². The first-order valence-corrected chi connectivity index (χ1v) is 12.1. The van der Waals surface area contributed by atoms with Gasteiger partial charge in [-0.3, -0.25) is 9.59 Å². The molecule has 153 valence electrons. The molecule has 0 bridgehead atoms. The van der Waals surface area contributed by atoms with Crippen molar-refractivity contribution in [3.8, 4) is 0 Å². The molecule has 0 saturated heterocycles. The van der Waals surface area contributed by atoms with Gasteiger partial charge in [0.1, 0.15) is 0 Å². The maximum atomic E-state index is 12.1. The molecule has 0 saturated carbocycles. The van der Waals surface area contributed by atoms with Crippen molar-refractivity contribution in [1.82, 2.24) is 0 Å². The fourth-order valence-corrected chi connectivity index (χ4v) is 4.56. The van der Waals surface area contributed by atoms with Crippen molar-refractivity contribution in [2.45, 2.75) is 111 Å². The predicted molar refractivity (Wildman–Crippen MR) is 118 cm³/mol. The quantitative estimate of drug-likeness (QED) is 0.203. The van der Waals surface area contributed by atoms with E-state index in [9.17, 15) is 9.59 Å². The lowest BCUT2D eigenvalue weighted by molar-refractivity contribution is -0.115. The second-order valence-electron chi connectivity index (χ2n) is 7.81. The van der Waals surface area contributed by atoms with Crippen LogP contribution in [0.1, 0.15) is 111 Å². The first-order chi connectivity index (χ1) is 13.1.